The molecule has 130 valence electrons. The second-order valence-corrected chi connectivity index (χ2v) is 8.49. The van der Waals surface area contributed by atoms with Gasteiger partial charge in [0.1, 0.15) is 0 Å². The average Bonchev–Trinajstić information content (AvgIpc) is 2.59. The van der Waals surface area contributed by atoms with E-state index in [-0.39, 0.29) is 10.8 Å². The van der Waals surface area contributed by atoms with E-state index >= 15 is 0 Å². The van der Waals surface area contributed by atoms with Crippen LogP contribution in [0.2, 0.25) is 5.02 Å². The van der Waals surface area contributed by atoms with Gasteiger partial charge in [-0.2, -0.15) is 0 Å². The summed E-state index contributed by atoms with van der Waals surface area (Å²) in [5, 5.41) is 0.648. The standard InChI is InChI=1S/C19H18ClNO3S/c1-25(23,24)17-9-10-18-15(13-17)3-2-12-21(18)19(22)11-6-14-4-7-16(20)8-5-14/h4-11,13H,2-3,12H2,1H3/b11-6+. The normalized spacial score (nSPS) is 14.6. The number of hydrogen-bond donors (Lipinski definition) is 0. The van der Waals surface area contributed by atoms with Crippen LogP contribution in [0.1, 0.15) is 17.5 Å². The molecule has 3 rings (SSSR count). The van der Waals surface area contributed by atoms with E-state index in [1.807, 2.05) is 12.1 Å². The van der Waals surface area contributed by atoms with E-state index in [1.54, 1.807) is 41.3 Å². The molecule has 2 aromatic carbocycles. The molecule has 2 aromatic rings. The van der Waals surface area contributed by atoms with Gasteiger partial charge in [0.05, 0.1) is 4.90 Å². The van der Waals surface area contributed by atoms with Crippen molar-refractivity contribution in [2.75, 3.05) is 17.7 Å². The Hall–Kier alpha value is -2.11. The molecule has 0 bridgehead atoms. The van der Waals surface area contributed by atoms with Crippen LogP contribution in [-0.4, -0.2) is 27.1 Å². The summed E-state index contributed by atoms with van der Waals surface area (Å²) in [6, 6.07) is 12.2. The average molecular weight is 376 g/mol. The molecule has 1 amide bonds. The monoisotopic (exact) mass is 375 g/mol. The van der Waals surface area contributed by atoms with Gasteiger partial charge < -0.3 is 4.90 Å². The molecule has 0 atom stereocenters. The fourth-order valence-corrected chi connectivity index (χ4v) is 3.66. The maximum absolute atomic E-state index is 12.6. The summed E-state index contributed by atoms with van der Waals surface area (Å²) in [4.78, 5) is 14.6. The number of amides is 1. The first-order valence-electron chi connectivity index (χ1n) is 7.93. The van der Waals surface area contributed by atoms with Crippen LogP contribution in [0, 0.1) is 0 Å². The molecule has 25 heavy (non-hydrogen) atoms. The second kappa shape index (κ2) is 7.02. The first kappa shape index (κ1) is 17.7. The maximum atomic E-state index is 12.6. The van der Waals surface area contributed by atoms with Crippen LogP contribution in [0.5, 0.6) is 0 Å². The van der Waals surface area contributed by atoms with Crippen molar-refractivity contribution in [1.82, 2.24) is 0 Å². The van der Waals surface area contributed by atoms with Crippen LogP contribution < -0.4 is 4.90 Å². The van der Waals surface area contributed by atoms with Gasteiger partial charge >= 0.3 is 0 Å². The largest absolute Gasteiger partial charge is 0.309 e. The second-order valence-electron chi connectivity index (χ2n) is 6.04. The molecule has 0 saturated carbocycles. The summed E-state index contributed by atoms with van der Waals surface area (Å²) in [6.07, 6.45) is 6.04. The van der Waals surface area contributed by atoms with Crippen LogP contribution in [0.3, 0.4) is 0 Å². The number of aryl methyl sites for hydroxylation is 1. The fourth-order valence-electron chi connectivity index (χ4n) is 2.86. The summed E-state index contributed by atoms with van der Waals surface area (Å²) in [5.41, 5.74) is 2.56. The minimum absolute atomic E-state index is 0.122. The number of fused-ring (bicyclic) bond motifs is 1. The Kier molecular flexibility index (Phi) is 4.97. The third-order valence-electron chi connectivity index (χ3n) is 4.15. The SMILES string of the molecule is CS(=O)(=O)c1ccc2c(c1)CCCN2C(=O)/C=C/c1ccc(Cl)cc1. The summed E-state index contributed by atoms with van der Waals surface area (Å²) in [6.45, 7) is 0.620. The molecule has 0 aromatic heterocycles. The molecule has 1 aliphatic heterocycles. The van der Waals surface area contributed by atoms with Crippen LogP contribution >= 0.6 is 11.6 Å². The van der Waals surface area contributed by atoms with Gasteiger partial charge in [0, 0.05) is 29.6 Å². The molecule has 0 saturated heterocycles. The van der Waals surface area contributed by atoms with E-state index in [1.165, 1.54) is 12.3 Å². The Morgan fingerprint density at radius 3 is 2.56 bits per heavy atom. The van der Waals surface area contributed by atoms with Crippen molar-refractivity contribution in [3.05, 3.63) is 64.7 Å². The molecule has 0 spiro atoms. The molecule has 0 fully saturated rings. The highest BCUT2D eigenvalue weighted by Crippen LogP contribution is 2.29. The molecule has 4 nitrogen and oxygen atoms in total. The lowest BCUT2D eigenvalue weighted by Gasteiger charge is -2.29. The molecule has 1 aliphatic rings. The zero-order valence-corrected chi connectivity index (χ0v) is 15.3. The minimum atomic E-state index is -3.25. The van der Waals surface area contributed by atoms with Gasteiger partial charge in [0.2, 0.25) is 0 Å². The first-order chi connectivity index (χ1) is 11.8. The highest BCUT2D eigenvalue weighted by Gasteiger charge is 2.22. The Bertz CT molecular complexity index is 934. The molecule has 6 heteroatoms. The number of anilines is 1. The Balaban J connectivity index is 1.85. The van der Waals surface area contributed by atoms with Gasteiger partial charge in [0.25, 0.3) is 5.91 Å². The van der Waals surface area contributed by atoms with Gasteiger partial charge in [-0.15, -0.1) is 0 Å². The van der Waals surface area contributed by atoms with Crippen molar-refractivity contribution in [1.29, 1.82) is 0 Å². The molecule has 0 radical (unpaired) electrons. The summed E-state index contributed by atoms with van der Waals surface area (Å²) in [7, 11) is -3.25. The van der Waals surface area contributed by atoms with E-state index in [0.717, 1.165) is 29.7 Å². The van der Waals surface area contributed by atoms with E-state index in [9.17, 15) is 13.2 Å². The zero-order chi connectivity index (χ0) is 18.0. The van der Waals surface area contributed by atoms with Crippen LogP contribution in [-0.2, 0) is 21.1 Å². The summed E-state index contributed by atoms with van der Waals surface area (Å²) in [5.74, 6) is -0.122. The molecule has 1 heterocycles. The first-order valence-corrected chi connectivity index (χ1v) is 10.2. The smallest absolute Gasteiger partial charge is 0.250 e. The number of carbonyl (C=O) groups excluding carboxylic acids is 1. The fraction of sp³-hybridized carbons (Fsp3) is 0.211. The summed E-state index contributed by atoms with van der Waals surface area (Å²) >= 11 is 5.86. The van der Waals surface area contributed by atoms with Crippen molar-refractivity contribution in [3.8, 4) is 0 Å². The Morgan fingerprint density at radius 1 is 1.16 bits per heavy atom. The van der Waals surface area contributed by atoms with Crippen molar-refractivity contribution in [2.45, 2.75) is 17.7 Å². The van der Waals surface area contributed by atoms with E-state index < -0.39 is 9.84 Å². The number of halogens is 1. The number of rotatable bonds is 3. The number of sulfone groups is 1. The van der Waals surface area contributed by atoms with E-state index in [0.29, 0.717) is 11.6 Å². The van der Waals surface area contributed by atoms with Gasteiger partial charge in [-0.05, 0) is 60.4 Å². The Labute approximate surface area is 152 Å². The number of carbonyl (C=O) groups is 1. The van der Waals surface area contributed by atoms with Gasteiger partial charge in [0.15, 0.2) is 9.84 Å². The van der Waals surface area contributed by atoms with E-state index in [2.05, 4.69) is 0 Å². The predicted octanol–water partition coefficient (Wildman–Crippen LogP) is 3.74. The minimum Gasteiger partial charge on any atom is -0.309 e. The van der Waals surface area contributed by atoms with Gasteiger partial charge in [-0.1, -0.05) is 23.7 Å². The lowest BCUT2D eigenvalue weighted by Crippen LogP contribution is -2.34. The molecule has 0 unspecified atom stereocenters. The lowest BCUT2D eigenvalue weighted by atomic mass is 10.0. The maximum Gasteiger partial charge on any atom is 0.250 e. The highest BCUT2D eigenvalue weighted by atomic mass is 35.5. The van der Waals surface area contributed by atoms with Crippen molar-refractivity contribution >= 4 is 39.1 Å². The zero-order valence-electron chi connectivity index (χ0n) is 13.8. The quantitative estimate of drug-likeness (QED) is 0.768. The number of nitrogens with zero attached hydrogens (tertiary/aromatic N) is 1. The lowest BCUT2D eigenvalue weighted by molar-refractivity contribution is -0.114. The third kappa shape index (κ3) is 4.11. The Morgan fingerprint density at radius 2 is 1.88 bits per heavy atom. The molecular weight excluding hydrogens is 358 g/mol. The predicted molar refractivity (Wildman–Crippen MR) is 101 cm³/mol. The molecular formula is C19H18ClNO3S. The van der Waals surface area contributed by atoms with Crippen LogP contribution in [0.15, 0.2) is 53.4 Å². The number of benzene rings is 2. The van der Waals surface area contributed by atoms with E-state index in [4.69, 9.17) is 11.6 Å². The van der Waals surface area contributed by atoms with Crippen molar-refractivity contribution < 1.29 is 13.2 Å². The van der Waals surface area contributed by atoms with Gasteiger partial charge in [-0.3, -0.25) is 4.79 Å². The number of hydrogen-bond acceptors (Lipinski definition) is 3. The highest BCUT2D eigenvalue weighted by molar-refractivity contribution is 7.90. The van der Waals surface area contributed by atoms with Crippen LogP contribution in [0.25, 0.3) is 6.08 Å². The third-order valence-corrected chi connectivity index (χ3v) is 5.51. The van der Waals surface area contributed by atoms with Gasteiger partial charge in [-0.25, -0.2) is 8.42 Å². The molecule has 0 aliphatic carbocycles. The van der Waals surface area contributed by atoms with Crippen LogP contribution in [0.4, 0.5) is 5.69 Å². The van der Waals surface area contributed by atoms with Crippen molar-refractivity contribution in [2.24, 2.45) is 0 Å². The van der Waals surface area contributed by atoms with Crippen molar-refractivity contribution in [3.63, 3.8) is 0 Å². The summed E-state index contributed by atoms with van der Waals surface area (Å²) < 4.78 is 23.4. The topological polar surface area (TPSA) is 54.5 Å². The molecule has 0 N–H and O–H groups in total.